The number of alkyl halides is 3. The molecule has 1 aromatic carbocycles. The molecule has 1 N–H and O–H groups in total. The highest BCUT2D eigenvalue weighted by molar-refractivity contribution is 5.77. The maximum atomic E-state index is 12.9. The average Bonchev–Trinajstić information content (AvgIpc) is 3.01. The van der Waals surface area contributed by atoms with E-state index in [0.717, 1.165) is 23.4 Å². The molecule has 3 rings (SSSR count). The summed E-state index contributed by atoms with van der Waals surface area (Å²) in [6.07, 6.45) is -3.57. The van der Waals surface area contributed by atoms with Crippen molar-refractivity contribution in [1.82, 2.24) is 19.9 Å². The molecule has 0 spiro atoms. The first kappa shape index (κ1) is 18.7. The van der Waals surface area contributed by atoms with E-state index in [1.807, 2.05) is 32.0 Å². The van der Waals surface area contributed by atoms with Crippen LogP contribution in [0, 0.1) is 13.8 Å². The quantitative estimate of drug-likeness (QED) is 0.741. The van der Waals surface area contributed by atoms with E-state index in [2.05, 4.69) is 15.5 Å². The fraction of sp³-hybridized carbons (Fsp3) is 0.278. The van der Waals surface area contributed by atoms with Crippen LogP contribution in [0.15, 0.2) is 36.5 Å². The van der Waals surface area contributed by atoms with Gasteiger partial charge in [-0.05, 0) is 37.1 Å². The molecule has 0 radical (unpaired) electrons. The highest BCUT2D eigenvalue weighted by atomic mass is 19.4. The lowest BCUT2D eigenvalue weighted by molar-refractivity contribution is -0.137. The van der Waals surface area contributed by atoms with Crippen LogP contribution in [-0.4, -0.2) is 27.1 Å². The predicted octanol–water partition coefficient (Wildman–Crippen LogP) is 3.06. The number of rotatable bonds is 5. The van der Waals surface area contributed by atoms with Crippen molar-refractivity contribution in [3.63, 3.8) is 0 Å². The highest BCUT2D eigenvalue weighted by Crippen LogP contribution is 2.29. The van der Waals surface area contributed by atoms with E-state index in [4.69, 9.17) is 4.74 Å². The number of halogens is 3. The van der Waals surface area contributed by atoms with Crippen molar-refractivity contribution in [3.05, 3.63) is 59.0 Å². The Hall–Kier alpha value is -3.10. The van der Waals surface area contributed by atoms with Crippen LogP contribution in [0.4, 0.5) is 13.2 Å². The minimum Gasteiger partial charge on any atom is -0.483 e. The van der Waals surface area contributed by atoms with E-state index in [-0.39, 0.29) is 24.6 Å². The van der Waals surface area contributed by atoms with Gasteiger partial charge in [-0.3, -0.25) is 9.20 Å². The van der Waals surface area contributed by atoms with Crippen molar-refractivity contribution in [2.45, 2.75) is 26.6 Å². The summed E-state index contributed by atoms with van der Waals surface area (Å²) in [5, 5.41) is 10.2. The molecule has 6 nitrogen and oxygen atoms in total. The number of carbonyl (C=O) groups excluding carboxylic acids is 1. The maximum Gasteiger partial charge on any atom is 0.417 e. The number of fused-ring (bicyclic) bond motifs is 1. The van der Waals surface area contributed by atoms with Gasteiger partial charge in [-0.1, -0.05) is 18.2 Å². The SMILES string of the molecule is Cc1cccc(C)c1OCC(=O)NCc1nnc2ccc(C(F)(F)F)cn12. The molecule has 3 aromatic rings. The van der Waals surface area contributed by atoms with Gasteiger partial charge in [0.25, 0.3) is 5.91 Å². The van der Waals surface area contributed by atoms with Gasteiger partial charge in [-0.15, -0.1) is 10.2 Å². The summed E-state index contributed by atoms with van der Waals surface area (Å²) in [5.41, 5.74) is 1.26. The Bertz CT molecular complexity index is 962. The van der Waals surface area contributed by atoms with Gasteiger partial charge >= 0.3 is 6.18 Å². The summed E-state index contributed by atoms with van der Waals surface area (Å²) < 4.78 is 45.3. The molecule has 27 heavy (non-hydrogen) atoms. The van der Waals surface area contributed by atoms with Crippen LogP contribution in [0.2, 0.25) is 0 Å². The number of ether oxygens (including phenoxy) is 1. The molecule has 0 bridgehead atoms. The van der Waals surface area contributed by atoms with Crippen molar-refractivity contribution in [3.8, 4) is 5.75 Å². The van der Waals surface area contributed by atoms with Gasteiger partial charge in [0.2, 0.25) is 0 Å². The molecule has 1 amide bonds. The molecule has 0 saturated carbocycles. The molecular weight excluding hydrogens is 361 g/mol. The van der Waals surface area contributed by atoms with E-state index in [0.29, 0.717) is 5.75 Å². The lowest BCUT2D eigenvalue weighted by atomic mass is 10.1. The Balaban J connectivity index is 1.65. The first-order chi connectivity index (χ1) is 12.8. The average molecular weight is 378 g/mol. The summed E-state index contributed by atoms with van der Waals surface area (Å²) in [6.45, 7) is 3.47. The Kier molecular flexibility index (Phi) is 5.02. The van der Waals surface area contributed by atoms with Crippen LogP contribution in [0.5, 0.6) is 5.75 Å². The van der Waals surface area contributed by atoms with E-state index in [1.54, 1.807) is 0 Å². The van der Waals surface area contributed by atoms with Crippen molar-refractivity contribution in [1.29, 1.82) is 0 Å². The van der Waals surface area contributed by atoms with Gasteiger partial charge in [0.15, 0.2) is 18.1 Å². The predicted molar refractivity (Wildman–Crippen MR) is 91.2 cm³/mol. The van der Waals surface area contributed by atoms with Crippen molar-refractivity contribution >= 4 is 11.6 Å². The Morgan fingerprint density at radius 2 is 1.85 bits per heavy atom. The molecule has 0 aliphatic carbocycles. The van der Waals surface area contributed by atoms with Crippen LogP contribution < -0.4 is 10.1 Å². The van der Waals surface area contributed by atoms with Gasteiger partial charge in [-0.25, -0.2) is 0 Å². The number of nitrogens with zero attached hydrogens (tertiary/aromatic N) is 3. The zero-order valence-corrected chi connectivity index (χ0v) is 14.7. The molecule has 2 heterocycles. The molecule has 0 fully saturated rings. The molecule has 0 aliphatic rings. The van der Waals surface area contributed by atoms with E-state index in [1.165, 1.54) is 10.5 Å². The second-order valence-corrected chi connectivity index (χ2v) is 6.05. The zero-order valence-electron chi connectivity index (χ0n) is 14.7. The van der Waals surface area contributed by atoms with E-state index < -0.39 is 17.6 Å². The van der Waals surface area contributed by atoms with Gasteiger partial charge in [0.1, 0.15) is 5.75 Å². The van der Waals surface area contributed by atoms with Crippen LogP contribution in [0.25, 0.3) is 5.65 Å². The highest BCUT2D eigenvalue weighted by Gasteiger charge is 2.31. The fourth-order valence-corrected chi connectivity index (χ4v) is 2.62. The van der Waals surface area contributed by atoms with Crippen molar-refractivity contribution in [2.24, 2.45) is 0 Å². The Morgan fingerprint density at radius 1 is 1.15 bits per heavy atom. The number of hydrogen-bond donors (Lipinski definition) is 1. The maximum absolute atomic E-state index is 12.9. The van der Waals surface area contributed by atoms with Crippen molar-refractivity contribution in [2.75, 3.05) is 6.61 Å². The third-order valence-electron chi connectivity index (χ3n) is 4.00. The number of aryl methyl sites for hydroxylation is 2. The van der Waals surface area contributed by atoms with Crippen LogP contribution in [0.1, 0.15) is 22.5 Å². The molecular formula is C18H17F3N4O2. The summed E-state index contributed by atoms with van der Waals surface area (Å²) in [6, 6.07) is 7.81. The van der Waals surface area contributed by atoms with Crippen LogP contribution in [-0.2, 0) is 17.5 Å². The third-order valence-corrected chi connectivity index (χ3v) is 4.00. The minimum atomic E-state index is -4.47. The second kappa shape index (κ2) is 7.26. The number of benzene rings is 1. The molecule has 0 atom stereocenters. The third kappa shape index (κ3) is 4.18. The summed E-state index contributed by atoms with van der Waals surface area (Å²) in [7, 11) is 0. The molecule has 0 unspecified atom stereocenters. The van der Waals surface area contributed by atoms with Crippen LogP contribution >= 0.6 is 0 Å². The van der Waals surface area contributed by atoms with Crippen LogP contribution in [0.3, 0.4) is 0 Å². The van der Waals surface area contributed by atoms with Gasteiger partial charge < -0.3 is 10.1 Å². The minimum absolute atomic E-state index is 0.0720. The fourth-order valence-electron chi connectivity index (χ4n) is 2.62. The number of para-hydroxylation sites is 1. The Labute approximate surface area is 153 Å². The molecule has 0 aliphatic heterocycles. The molecule has 142 valence electrons. The lowest BCUT2D eigenvalue weighted by Crippen LogP contribution is -2.29. The van der Waals surface area contributed by atoms with Gasteiger partial charge in [0.05, 0.1) is 12.1 Å². The summed E-state index contributed by atoms with van der Waals surface area (Å²) >= 11 is 0. The number of pyridine rings is 1. The Morgan fingerprint density at radius 3 is 2.52 bits per heavy atom. The molecule has 2 aromatic heterocycles. The lowest BCUT2D eigenvalue weighted by Gasteiger charge is -2.12. The number of aromatic nitrogens is 3. The first-order valence-electron chi connectivity index (χ1n) is 8.12. The smallest absolute Gasteiger partial charge is 0.417 e. The normalized spacial score (nSPS) is 11.6. The number of nitrogens with one attached hydrogen (secondary N) is 1. The molecule has 0 saturated heterocycles. The molecule has 9 heteroatoms. The van der Waals surface area contributed by atoms with Crippen molar-refractivity contribution < 1.29 is 22.7 Å². The number of carbonyl (C=O) groups is 1. The second-order valence-electron chi connectivity index (χ2n) is 6.05. The van der Waals surface area contributed by atoms with Gasteiger partial charge in [-0.2, -0.15) is 13.2 Å². The number of amides is 1. The summed E-state index contributed by atoms with van der Waals surface area (Å²) in [4.78, 5) is 12.0. The number of hydrogen-bond acceptors (Lipinski definition) is 4. The zero-order chi connectivity index (χ0) is 19.6. The largest absolute Gasteiger partial charge is 0.483 e. The summed E-state index contributed by atoms with van der Waals surface area (Å²) in [5.74, 6) is 0.410. The monoisotopic (exact) mass is 378 g/mol. The van der Waals surface area contributed by atoms with E-state index in [9.17, 15) is 18.0 Å². The standard InChI is InChI=1S/C18H17F3N4O2/c1-11-4-3-5-12(2)17(11)27-10-16(26)22-8-15-24-23-14-7-6-13(9-25(14)15)18(19,20)21/h3-7,9H,8,10H2,1-2H3,(H,22,26). The topological polar surface area (TPSA) is 68.5 Å². The first-order valence-corrected chi connectivity index (χ1v) is 8.12. The van der Waals surface area contributed by atoms with Gasteiger partial charge in [0, 0.05) is 6.20 Å². The van der Waals surface area contributed by atoms with E-state index >= 15 is 0 Å².